The average molecular weight is 316 g/mol. The van der Waals surface area contributed by atoms with Crippen LogP contribution in [0.1, 0.15) is 53.0 Å². The third-order valence-electron chi connectivity index (χ3n) is 5.35. The smallest absolute Gasteiger partial charge is 0.239 e. The van der Waals surface area contributed by atoms with Crippen molar-refractivity contribution in [2.45, 2.75) is 58.4 Å². The van der Waals surface area contributed by atoms with Crippen molar-refractivity contribution >= 4 is 5.91 Å². The lowest BCUT2D eigenvalue weighted by Gasteiger charge is -2.46. The molecule has 0 spiro atoms. The largest absolute Gasteiger partial charge is 0.354 e. The minimum absolute atomic E-state index is 0.148. The molecule has 1 aromatic rings. The van der Waals surface area contributed by atoms with Gasteiger partial charge in [-0.3, -0.25) is 9.69 Å². The predicted octanol–water partition coefficient (Wildman–Crippen LogP) is 3.59. The van der Waals surface area contributed by atoms with Gasteiger partial charge in [-0.25, -0.2) is 0 Å². The highest BCUT2D eigenvalue weighted by atomic mass is 16.2. The van der Waals surface area contributed by atoms with Crippen LogP contribution in [0.2, 0.25) is 0 Å². The molecule has 0 aliphatic carbocycles. The van der Waals surface area contributed by atoms with Gasteiger partial charge in [0, 0.05) is 6.54 Å². The van der Waals surface area contributed by atoms with E-state index >= 15 is 0 Å². The Hall–Kier alpha value is -1.35. The molecule has 1 aliphatic heterocycles. The minimum Gasteiger partial charge on any atom is -0.354 e. The van der Waals surface area contributed by atoms with E-state index in [1.807, 2.05) is 13.8 Å². The van der Waals surface area contributed by atoms with Crippen LogP contribution in [-0.2, 0) is 10.2 Å². The first-order chi connectivity index (χ1) is 10.8. The highest BCUT2D eigenvalue weighted by molar-refractivity contribution is 5.85. The van der Waals surface area contributed by atoms with Gasteiger partial charge in [-0.1, -0.05) is 51.1 Å². The summed E-state index contributed by atoms with van der Waals surface area (Å²) >= 11 is 0. The summed E-state index contributed by atoms with van der Waals surface area (Å²) in [6.07, 6.45) is 2.19. The fraction of sp³-hybridized carbons (Fsp3) is 0.650. The van der Waals surface area contributed by atoms with E-state index in [9.17, 15) is 4.79 Å². The molecule has 3 heteroatoms. The lowest BCUT2D eigenvalue weighted by atomic mass is 9.74. The van der Waals surface area contributed by atoms with Crippen LogP contribution in [0.5, 0.6) is 0 Å². The number of carbonyl (C=O) groups excluding carboxylic acids is 1. The lowest BCUT2D eigenvalue weighted by Crippen LogP contribution is -2.58. The molecule has 1 aliphatic rings. The number of benzene rings is 1. The maximum Gasteiger partial charge on any atom is 0.239 e. The second-order valence-corrected chi connectivity index (χ2v) is 8.08. The fourth-order valence-electron chi connectivity index (χ4n) is 3.35. The Kier molecular flexibility index (Phi) is 5.51. The van der Waals surface area contributed by atoms with Gasteiger partial charge >= 0.3 is 0 Å². The van der Waals surface area contributed by atoms with Crippen LogP contribution in [0.4, 0.5) is 0 Å². The first-order valence-electron chi connectivity index (χ1n) is 8.84. The van der Waals surface area contributed by atoms with E-state index in [1.165, 1.54) is 5.56 Å². The zero-order valence-corrected chi connectivity index (χ0v) is 15.4. The molecule has 1 saturated heterocycles. The summed E-state index contributed by atoms with van der Waals surface area (Å²) in [4.78, 5) is 14.9. The highest BCUT2D eigenvalue weighted by Gasteiger charge is 2.40. The van der Waals surface area contributed by atoms with E-state index in [4.69, 9.17) is 0 Å². The van der Waals surface area contributed by atoms with Crippen molar-refractivity contribution in [3.05, 3.63) is 35.9 Å². The molecule has 0 unspecified atom stereocenters. The summed E-state index contributed by atoms with van der Waals surface area (Å²) < 4.78 is 0. The van der Waals surface area contributed by atoms with Crippen LogP contribution in [0.15, 0.2) is 30.3 Å². The molecule has 1 fully saturated rings. The number of piperidine rings is 1. The molecule has 1 N–H and O–H groups in total. The van der Waals surface area contributed by atoms with Crippen molar-refractivity contribution in [2.75, 3.05) is 19.6 Å². The van der Waals surface area contributed by atoms with Gasteiger partial charge in [0.25, 0.3) is 0 Å². The van der Waals surface area contributed by atoms with Crippen molar-refractivity contribution < 1.29 is 4.79 Å². The Morgan fingerprint density at radius 1 is 1.22 bits per heavy atom. The van der Waals surface area contributed by atoms with E-state index in [-0.39, 0.29) is 11.3 Å². The van der Waals surface area contributed by atoms with Crippen LogP contribution in [0.3, 0.4) is 0 Å². The summed E-state index contributed by atoms with van der Waals surface area (Å²) in [5.41, 5.74) is 1.21. The molecule has 3 nitrogen and oxygen atoms in total. The molecule has 0 atom stereocenters. The molecule has 0 bridgehead atoms. The number of hydrogen-bond acceptors (Lipinski definition) is 2. The van der Waals surface area contributed by atoms with Crippen molar-refractivity contribution in [3.63, 3.8) is 0 Å². The van der Waals surface area contributed by atoms with Crippen molar-refractivity contribution in [3.8, 4) is 0 Å². The van der Waals surface area contributed by atoms with Gasteiger partial charge in [0.15, 0.2) is 0 Å². The lowest BCUT2D eigenvalue weighted by molar-refractivity contribution is -0.133. The predicted molar refractivity (Wildman–Crippen MR) is 96.5 cm³/mol. The minimum atomic E-state index is -0.438. The van der Waals surface area contributed by atoms with Crippen LogP contribution < -0.4 is 5.32 Å². The first-order valence-corrected chi connectivity index (χ1v) is 8.84. The maximum absolute atomic E-state index is 12.5. The van der Waals surface area contributed by atoms with Crippen LogP contribution in [-0.4, -0.2) is 36.0 Å². The first kappa shape index (κ1) is 18.0. The van der Waals surface area contributed by atoms with Gasteiger partial charge in [0.05, 0.1) is 5.54 Å². The Bertz CT molecular complexity index is 514. The van der Waals surface area contributed by atoms with Gasteiger partial charge in [-0.05, 0) is 56.7 Å². The van der Waals surface area contributed by atoms with Crippen LogP contribution in [0.25, 0.3) is 0 Å². The van der Waals surface area contributed by atoms with Gasteiger partial charge in [-0.2, -0.15) is 0 Å². The zero-order valence-electron chi connectivity index (χ0n) is 15.4. The van der Waals surface area contributed by atoms with Crippen molar-refractivity contribution in [1.82, 2.24) is 10.2 Å². The molecule has 1 amide bonds. The molecular formula is C20H32N2O. The fourth-order valence-corrected chi connectivity index (χ4v) is 3.35. The SMILES string of the molecule is CC(C)CNC(=O)C(C)(C)N1CCC(C)(c2ccccc2)CC1. The molecular weight excluding hydrogens is 284 g/mol. The average Bonchev–Trinajstić information content (AvgIpc) is 2.53. The number of rotatable bonds is 5. The second-order valence-electron chi connectivity index (χ2n) is 8.08. The number of nitrogens with zero attached hydrogens (tertiary/aromatic N) is 1. The number of amides is 1. The number of likely N-dealkylation sites (tertiary alicyclic amines) is 1. The van der Waals surface area contributed by atoms with E-state index in [2.05, 4.69) is 61.3 Å². The van der Waals surface area contributed by atoms with E-state index in [0.717, 1.165) is 32.5 Å². The Morgan fingerprint density at radius 2 is 1.78 bits per heavy atom. The van der Waals surface area contributed by atoms with E-state index < -0.39 is 5.54 Å². The van der Waals surface area contributed by atoms with Crippen LogP contribution in [0, 0.1) is 5.92 Å². The molecule has 2 rings (SSSR count). The van der Waals surface area contributed by atoms with Gasteiger partial charge in [0.2, 0.25) is 5.91 Å². The standard InChI is InChI=1S/C20H32N2O/c1-16(2)15-21-18(23)19(3,4)22-13-11-20(5,12-14-22)17-9-7-6-8-10-17/h6-10,16H,11-15H2,1-5H3,(H,21,23). The molecule has 23 heavy (non-hydrogen) atoms. The number of hydrogen-bond donors (Lipinski definition) is 1. The van der Waals surface area contributed by atoms with Crippen molar-refractivity contribution in [2.24, 2.45) is 5.92 Å². The third-order valence-corrected chi connectivity index (χ3v) is 5.35. The molecule has 0 aromatic heterocycles. The normalized spacial score (nSPS) is 18.9. The molecule has 0 radical (unpaired) electrons. The van der Waals surface area contributed by atoms with E-state index in [0.29, 0.717) is 5.92 Å². The zero-order chi connectivity index (χ0) is 17.1. The summed E-state index contributed by atoms with van der Waals surface area (Å²) in [5.74, 6) is 0.631. The maximum atomic E-state index is 12.5. The number of nitrogens with one attached hydrogen (secondary N) is 1. The molecule has 128 valence electrons. The van der Waals surface area contributed by atoms with E-state index in [1.54, 1.807) is 0 Å². The van der Waals surface area contributed by atoms with Crippen molar-refractivity contribution in [1.29, 1.82) is 0 Å². The highest BCUT2D eigenvalue weighted by Crippen LogP contribution is 2.36. The number of carbonyl (C=O) groups is 1. The quantitative estimate of drug-likeness (QED) is 0.900. The molecule has 1 aromatic carbocycles. The summed E-state index contributed by atoms with van der Waals surface area (Å²) in [7, 11) is 0. The van der Waals surface area contributed by atoms with Gasteiger partial charge < -0.3 is 5.32 Å². The Labute approximate surface area is 141 Å². The molecule has 1 heterocycles. The second kappa shape index (κ2) is 7.04. The summed E-state index contributed by atoms with van der Waals surface area (Å²) in [6.45, 7) is 13.4. The van der Waals surface area contributed by atoms with Gasteiger partial charge in [0.1, 0.15) is 0 Å². The summed E-state index contributed by atoms with van der Waals surface area (Å²) in [6, 6.07) is 10.8. The summed E-state index contributed by atoms with van der Waals surface area (Å²) in [5, 5.41) is 3.09. The van der Waals surface area contributed by atoms with Gasteiger partial charge in [-0.15, -0.1) is 0 Å². The topological polar surface area (TPSA) is 32.3 Å². The Balaban J connectivity index is 1.99. The third kappa shape index (κ3) is 4.14. The van der Waals surface area contributed by atoms with Crippen LogP contribution >= 0.6 is 0 Å². The monoisotopic (exact) mass is 316 g/mol. The Morgan fingerprint density at radius 3 is 2.30 bits per heavy atom. The molecule has 0 saturated carbocycles.